The second-order valence-electron chi connectivity index (χ2n) is 7.07. The van der Waals surface area contributed by atoms with Gasteiger partial charge in [-0.05, 0) is 31.2 Å². The van der Waals surface area contributed by atoms with Gasteiger partial charge in [-0.3, -0.25) is 0 Å². The van der Waals surface area contributed by atoms with Crippen molar-refractivity contribution in [2.24, 2.45) is 0 Å². The molecule has 2 heterocycles. The van der Waals surface area contributed by atoms with E-state index in [0.717, 1.165) is 48.8 Å². The molecule has 26 heavy (non-hydrogen) atoms. The summed E-state index contributed by atoms with van der Waals surface area (Å²) in [5.41, 5.74) is 3.60. The average Bonchev–Trinajstić information content (AvgIpc) is 2.68. The van der Waals surface area contributed by atoms with E-state index in [2.05, 4.69) is 58.0 Å². The highest BCUT2D eigenvalue weighted by Gasteiger charge is 2.21. The Morgan fingerprint density at radius 1 is 0.808 bits per heavy atom. The Morgan fingerprint density at radius 2 is 1.46 bits per heavy atom. The maximum absolute atomic E-state index is 4.86. The van der Waals surface area contributed by atoms with Crippen LogP contribution >= 0.6 is 0 Å². The van der Waals surface area contributed by atoms with Crippen molar-refractivity contribution >= 4 is 28.4 Å². The molecule has 0 aliphatic carbocycles. The van der Waals surface area contributed by atoms with Crippen LogP contribution in [0.5, 0.6) is 0 Å². The molecule has 5 nitrogen and oxygen atoms in total. The fourth-order valence-corrected chi connectivity index (χ4v) is 3.45. The number of benzene rings is 2. The third-order valence-electron chi connectivity index (χ3n) is 4.96. The monoisotopic (exact) mass is 347 g/mol. The van der Waals surface area contributed by atoms with Crippen LogP contribution in [0.1, 0.15) is 5.56 Å². The molecule has 3 aromatic rings. The molecule has 134 valence electrons. The zero-order valence-corrected chi connectivity index (χ0v) is 15.7. The fraction of sp³-hybridized carbons (Fsp3) is 0.333. The number of aryl methyl sites for hydroxylation is 1. The van der Waals surface area contributed by atoms with Crippen molar-refractivity contribution in [2.45, 2.75) is 6.92 Å². The lowest BCUT2D eigenvalue weighted by molar-refractivity contribution is 0.641. The molecule has 1 fully saturated rings. The normalized spacial score (nSPS) is 14.7. The summed E-state index contributed by atoms with van der Waals surface area (Å²) in [6, 6.07) is 17.0. The predicted octanol–water partition coefficient (Wildman–Crippen LogP) is 3.33. The third kappa shape index (κ3) is 3.17. The van der Waals surface area contributed by atoms with Crippen molar-refractivity contribution in [1.82, 2.24) is 9.97 Å². The van der Waals surface area contributed by atoms with Gasteiger partial charge in [-0.15, -0.1) is 0 Å². The van der Waals surface area contributed by atoms with E-state index < -0.39 is 0 Å². The van der Waals surface area contributed by atoms with Crippen molar-refractivity contribution < 1.29 is 0 Å². The second-order valence-corrected chi connectivity index (χ2v) is 7.07. The van der Waals surface area contributed by atoms with Crippen LogP contribution in [0, 0.1) is 6.92 Å². The lowest BCUT2D eigenvalue weighted by atomic mass is 10.2. The predicted molar refractivity (Wildman–Crippen MR) is 109 cm³/mol. The Balaban J connectivity index is 1.56. The van der Waals surface area contributed by atoms with Crippen LogP contribution in [0.4, 0.5) is 17.5 Å². The average molecular weight is 347 g/mol. The molecule has 0 bridgehead atoms. The Labute approximate surface area is 154 Å². The van der Waals surface area contributed by atoms with E-state index in [1.807, 2.05) is 26.2 Å². The molecule has 4 rings (SSSR count). The Morgan fingerprint density at radius 3 is 2.15 bits per heavy atom. The second kappa shape index (κ2) is 6.83. The van der Waals surface area contributed by atoms with Crippen LogP contribution in [-0.4, -0.2) is 50.2 Å². The topological polar surface area (TPSA) is 35.5 Å². The standard InChI is InChI=1S/C21H25N5/c1-16-8-10-17(11-9-16)25-12-14-26(15-13-25)21-22-19-7-5-4-6-18(19)20(23-21)24(2)3/h4-11H,12-15H2,1-3H3. The van der Waals surface area contributed by atoms with Crippen molar-refractivity contribution in [3.63, 3.8) is 0 Å². The van der Waals surface area contributed by atoms with Crippen LogP contribution < -0.4 is 14.7 Å². The van der Waals surface area contributed by atoms with Gasteiger partial charge >= 0.3 is 0 Å². The molecular weight excluding hydrogens is 322 g/mol. The van der Waals surface area contributed by atoms with E-state index >= 15 is 0 Å². The molecule has 1 aliphatic heterocycles. The quantitative estimate of drug-likeness (QED) is 0.726. The number of rotatable bonds is 3. The van der Waals surface area contributed by atoms with Crippen LogP contribution in [0.15, 0.2) is 48.5 Å². The number of anilines is 3. The van der Waals surface area contributed by atoms with E-state index in [-0.39, 0.29) is 0 Å². The first-order valence-electron chi connectivity index (χ1n) is 9.12. The van der Waals surface area contributed by atoms with Crippen LogP contribution in [0.3, 0.4) is 0 Å². The summed E-state index contributed by atoms with van der Waals surface area (Å²) in [4.78, 5) is 16.5. The van der Waals surface area contributed by atoms with E-state index in [4.69, 9.17) is 9.97 Å². The number of nitrogens with zero attached hydrogens (tertiary/aromatic N) is 5. The Bertz CT molecular complexity index is 896. The zero-order valence-electron chi connectivity index (χ0n) is 15.7. The largest absolute Gasteiger partial charge is 0.368 e. The molecule has 2 aromatic carbocycles. The molecule has 0 amide bonds. The minimum Gasteiger partial charge on any atom is -0.368 e. The third-order valence-corrected chi connectivity index (χ3v) is 4.96. The number of hydrogen-bond acceptors (Lipinski definition) is 5. The number of piperazine rings is 1. The molecule has 0 unspecified atom stereocenters. The van der Waals surface area contributed by atoms with Gasteiger partial charge in [0.25, 0.3) is 0 Å². The van der Waals surface area contributed by atoms with Crippen molar-refractivity contribution in [3.8, 4) is 0 Å². The molecular formula is C21H25N5. The van der Waals surface area contributed by atoms with Crippen molar-refractivity contribution in [3.05, 3.63) is 54.1 Å². The van der Waals surface area contributed by atoms with Gasteiger partial charge in [0.1, 0.15) is 5.82 Å². The van der Waals surface area contributed by atoms with Gasteiger partial charge in [0.15, 0.2) is 0 Å². The number of para-hydroxylation sites is 1. The van der Waals surface area contributed by atoms with E-state index in [1.54, 1.807) is 0 Å². The van der Waals surface area contributed by atoms with E-state index in [0.29, 0.717) is 0 Å². The van der Waals surface area contributed by atoms with E-state index in [1.165, 1.54) is 11.3 Å². The first-order chi connectivity index (χ1) is 12.6. The summed E-state index contributed by atoms with van der Waals surface area (Å²) in [5, 5.41) is 1.10. The molecule has 0 atom stereocenters. The number of aromatic nitrogens is 2. The highest BCUT2D eigenvalue weighted by atomic mass is 15.3. The molecule has 1 aromatic heterocycles. The Hall–Kier alpha value is -2.82. The number of hydrogen-bond donors (Lipinski definition) is 0. The van der Waals surface area contributed by atoms with Crippen molar-refractivity contribution in [1.29, 1.82) is 0 Å². The maximum Gasteiger partial charge on any atom is 0.228 e. The summed E-state index contributed by atoms with van der Waals surface area (Å²) < 4.78 is 0. The van der Waals surface area contributed by atoms with Crippen molar-refractivity contribution in [2.75, 3.05) is 55.0 Å². The lowest BCUT2D eigenvalue weighted by Crippen LogP contribution is -2.47. The number of fused-ring (bicyclic) bond motifs is 1. The molecule has 1 aliphatic rings. The summed E-state index contributed by atoms with van der Waals surface area (Å²) in [7, 11) is 4.07. The first kappa shape index (κ1) is 16.6. The Kier molecular flexibility index (Phi) is 4.37. The fourth-order valence-electron chi connectivity index (χ4n) is 3.45. The minimum absolute atomic E-state index is 0.830. The van der Waals surface area contributed by atoms with Gasteiger partial charge in [-0.1, -0.05) is 29.8 Å². The molecule has 5 heteroatoms. The zero-order chi connectivity index (χ0) is 18.1. The summed E-state index contributed by atoms with van der Waals surface area (Å²) in [6.45, 7) is 5.95. The van der Waals surface area contributed by atoms with E-state index in [9.17, 15) is 0 Å². The smallest absolute Gasteiger partial charge is 0.228 e. The van der Waals surface area contributed by atoms with Gasteiger partial charge in [0.2, 0.25) is 5.95 Å². The van der Waals surface area contributed by atoms with Gasteiger partial charge < -0.3 is 14.7 Å². The first-order valence-corrected chi connectivity index (χ1v) is 9.12. The lowest BCUT2D eigenvalue weighted by Gasteiger charge is -2.36. The summed E-state index contributed by atoms with van der Waals surface area (Å²) in [6.07, 6.45) is 0. The maximum atomic E-state index is 4.86. The summed E-state index contributed by atoms with van der Waals surface area (Å²) in [5.74, 6) is 1.81. The van der Waals surface area contributed by atoms with Crippen LogP contribution in [-0.2, 0) is 0 Å². The van der Waals surface area contributed by atoms with Gasteiger partial charge in [0, 0.05) is 51.3 Å². The molecule has 0 saturated carbocycles. The molecule has 0 radical (unpaired) electrons. The van der Waals surface area contributed by atoms with Gasteiger partial charge in [-0.25, -0.2) is 4.98 Å². The van der Waals surface area contributed by atoms with Gasteiger partial charge in [0.05, 0.1) is 5.52 Å². The minimum atomic E-state index is 0.830. The SMILES string of the molecule is Cc1ccc(N2CCN(c3nc(N(C)C)c4ccccc4n3)CC2)cc1. The molecule has 1 saturated heterocycles. The van der Waals surface area contributed by atoms with Crippen LogP contribution in [0.25, 0.3) is 10.9 Å². The molecule has 0 N–H and O–H groups in total. The van der Waals surface area contributed by atoms with Gasteiger partial charge in [-0.2, -0.15) is 4.98 Å². The highest BCUT2D eigenvalue weighted by Crippen LogP contribution is 2.26. The summed E-state index contributed by atoms with van der Waals surface area (Å²) >= 11 is 0. The molecule has 0 spiro atoms. The van der Waals surface area contributed by atoms with Crippen LogP contribution in [0.2, 0.25) is 0 Å². The highest BCUT2D eigenvalue weighted by molar-refractivity contribution is 5.90.